The van der Waals surface area contributed by atoms with E-state index in [9.17, 15) is 4.79 Å². The zero-order valence-electron chi connectivity index (χ0n) is 13.4. The molecule has 4 heteroatoms. The average Bonchev–Trinajstić information content (AvgIpc) is 2.38. The van der Waals surface area contributed by atoms with Crippen molar-refractivity contribution in [2.24, 2.45) is 0 Å². The van der Waals surface area contributed by atoms with Gasteiger partial charge in [-0.3, -0.25) is 4.79 Å². The summed E-state index contributed by atoms with van der Waals surface area (Å²) in [5.41, 5.74) is 9.35. The van der Waals surface area contributed by atoms with E-state index in [1.807, 2.05) is 51.9 Å². The van der Waals surface area contributed by atoms with E-state index in [-0.39, 0.29) is 5.91 Å². The van der Waals surface area contributed by atoms with Crippen LogP contribution in [-0.2, 0) is 0 Å². The lowest BCUT2D eigenvalue weighted by molar-refractivity contribution is 0.0758. The molecule has 0 aliphatic rings. The van der Waals surface area contributed by atoms with E-state index in [0.717, 1.165) is 42.7 Å². The molecule has 0 aromatic heterocycles. The van der Waals surface area contributed by atoms with E-state index >= 15 is 0 Å². The van der Waals surface area contributed by atoms with E-state index < -0.39 is 0 Å². The Morgan fingerprint density at radius 1 is 1.15 bits per heavy atom. The summed E-state index contributed by atoms with van der Waals surface area (Å²) in [7, 11) is 4.09. The summed E-state index contributed by atoms with van der Waals surface area (Å²) in [4.78, 5) is 16.6. The molecule has 2 N–H and O–H groups in total. The number of benzene rings is 1. The first-order valence-corrected chi connectivity index (χ1v) is 7.17. The van der Waals surface area contributed by atoms with Gasteiger partial charge in [-0.1, -0.05) is 6.07 Å². The number of hydrogen-bond acceptors (Lipinski definition) is 3. The van der Waals surface area contributed by atoms with Gasteiger partial charge in [0.15, 0.2) is 0 Å². The quantitative estimate of drug-likeness (QED) is 0.812. The van der Waals surface area contributed by atoms with Crippen LogP contribution in [-0.4, -0.2) is 49.4 Å². The van der Waals surface area contributed by atoms with Gasteiger partial charge in [0.1, 0.15) is 0 Å². The highest BCUT2D eigenvalue weighted by Gasteiger charge is 2.17. The molecule has 0 bridgehead atoms. The highest BCUT2D eigenvalue weighted by atomic mass is 16.2. The van der Waals surface area contributed by atoms with Crippen molar-refractivity contribution >= 4 is 11.6 Å². The van der Waals surface area contributed by atoms with Crippen LogP contribution in [0.4, 0.5) is 5.69 Å². The maximum Gasteiger partial charge on any atom is 0.254 e. The van der Waals surface area contributed by atoms with Crippen LogP contribution in [0.25, 0.3) is 0 Å². The number of carbonyl (C=O) groups excluding carboxylic acids is 1. The Bertz CT molecular complexity index is 469. The van der Waals surface area contributed by atoms with Crippen molar-refractivity contribution in [2.75, 3.05) is 39.5 Å². The van der Waals surface area contributed by atoms with Crippen molar-refractivity contribution < 1.29 is 4.79 Å². The molecule has 0 saturated carbocycles. The Hall–Kier alpha value is -1.55. The molecular formula is C16H27N3O. The lowest BCUT2D eigenvalue weighted by Crippen LogP contribution is -2.33. The summed E-state index contributed by atoms with van der Waals surface area (Å²) in [5.74, 6) is 0.0791. The van der Waals surface area contributed by atoms with Gasteiger partial charge in [-0.05, 0) is 65.0 Å². The maximum atomic E-state index is 12.6. The number of amides is 1. The van der Waals surface area contributed by atoms with E-state index in [2.05, 4.69) is 4.90 Å². The predicted octanol–water partition coefficient (Wildman–Crippen LogP) is 2.30. The van der Waals surface area contributed by atoms with Crippen LogP contribution >= 0.6 is 0 Å². The Morgan fingerprint density at radius 2 is 1.80 bits per heavy atom. The fraction of sp³-hybridized carbons (Fsp3) is 0.562. The second-order valence-corrected chi connectivity index (χ2v) is 5.57. The third-order valence-electron chi connectivity index (χ3n) is 3.55. The van der Waals surface area contributed by atoms with Gasteiger partial charge in [-0.25, -0.2) is 0 Å². The number of nitrogens with two attached hydrogens (primary N) is 1. The number of nitrogen functional groups attached to an aromatic ring is 1. The van der Waals surface area contributed by atoms with Gasteiger partial charge in [0.05, 0.1) is 0 Å². The Labute approximate surface area is 122 Å². The normalized spacial score (nSPS) is 10.9. The third kappa shape index (κ3) is 4.23. The van der Waals surface area contributed by atoms with Crippen molar-refractivity contribution in [2.45, 2.75) is 27.2 Å². The van der Waals surface area contributed by atoms with Crippen LogP contribution in [0.1, 0.15) is 34.8 Å². The number of hydrogen-bond donors (Lipinski definition) is 1. The van der Waals surface area contributed by atoms with Crippen molar-refractivity contribution in [1.82, 2.24) is 9.80 Å². The lowest BCUT2D eigenvalue weighted by Gasteiger charge is -2.23. The number of carbonyl (C=O) groups is 1. The van der Waals surface area contributed by atoms with Gasteiger partial charge in [0.25, 0.3) is 5.91 Å². The largest absolute Gasteiger partial charge is 0.398 e. The predicted molar refractivity (Wildman–Crippen MR) is 85.1 cm³/mol. The molecule has 1 aromatic rings. The van der Waals surface area contributed by atoms with E-state index in [4.69, 9.17) is 5.73 Å². The average molecular weight is 277 g/mol. The summed E-state index contributed by atoms with van der Waals surface area (Å²) in [6.45, 7) is 8.43. The van der Waals surface area contributed by atoms with Crippen molar-refractivity contribution in [1.29, 1.82) is 0 Å². The first kappa shape index (κ1) is 16.5. The molecule has 1 aromatic carbocycles. The fourth-order valence-electron chi connectivity index (χ4n) is 2.25. The molecule has 0 atom stereocenters. The molecule has 0 aliphatic carbocycles. The van der Waals surface area contributed by atoms with E-state index in [1.54, 1.807) is 0 Å². The monoisotopic (exact) mass is 277 g/mol. The first-order valence-electron chi connectivity index (χ1n) is 7.17. The minimum atomic E-state index is 0.0791. The van der Waals surface area contributed by atoms with Gasteiger partial charge in [-0.15, -0.1) is 0 Å². The van der Waals surface area contributed by atoms with Crippen molar-refractivity contribution in [3.63, 3.8) is 0 Å². The maximum absolute atomic E-state index is 12.6. The third-order valence-corrected chi connectivity index (χ3v) is 3.55. The molecule has 4 nitrogen and oxygen atoms in total. The lowest BCUT2D eigenvalue weighted by atomic mass is 10.0. The Kier molecular flexibility index (Phi) is 6.02. The molecule has 0 saturated heterocycles. The van der Waals surface area contributed by atoms with Crippen LogP contribution in [0.2, 0.25) is 0 Å². The first-order chi connectivity index (χ1) is 9.36. The molecule has 0 aliphatic heterocycles. The number of rotatable bonds is 6. The van der Waals surface area contributed by atoms with Gasteiger partial charge in [0.2, 0.25) is 0 Å². The molecule has 0 unspecified atom stereocenters. The molecule has 112 valence electrons. The molecule has 1 amide bonds. The molecule has 20 heavy (non-hydrogen) atoms. The van der Waals surface area contributed by atoms with Gasteiger partial charge >= 0.3 is 0 Å². The van der Waals surface area contributed by atoms with E-state index in [1.165, 1.54) is 0 Å². The number of nitrogens with zero attached hydrogens (tertiary/aromatic N) is 2. The van der Waals surface area contributed by atoms with Gasteiger partial charge < -0.3 is 15.5 Å². The molecule has 0 heterocycles. The fourth-order valence-corrected chi connectivity index (χ4v) is 2.25. The van der Waals surface area contributed by atoms with Crippen LogP contribution < -0.4 is 5.73 Å². The molecule has 1 rings (SSSR count). The summed E-state index contributed by atoms with van der Waals surface area (Å²) >= 11 is 0. The standard InChI is InChI=1S/C16H27N3O/c1-6-19(9-7-8-18(4)5)16(20)14-11-15(17)13(3)10-12(14)2/h10-11H,6-9,17H2,1-5H3. The Morgan fingerprint density at radius 3 is 2.35 bits per heavy atom. The molecule has 0 fully saturated rings. The second-order valence-electron chi connectivity index (χ2n) is 5.57. The minimum Gasteiger partial charge on any atom is -0.398 e. The number of anilines is 1. The smallest absolute Gasteiger partial charge is 0.254 e. The highest BCUT2D eigenvalue weighted by Crippen LogP contribution is 2.19. The summed E-state index contributed by atoms with van der Waals surface area (Å²) in [6.07, 6.45) is 0.979. The van der Waals surface area contributed by atoms with E-state index in [0.29, 0.717) is 5.69 Å². The van der Waals surface area contributed by atoms with Crippen LogP contribution in [0, 0.1) is 13.8 Å². The summed E-state index contributed by atoms with van der Waals surface area (Å²) in [5, 5.41) is 0. The zero-order valence-corrected chi connectivity index (χ0v) is 13.4. The Balaban J connectivity index is 2.83. The second kappa shape index (κ2) is 7.29. The van der Waals surface area contributed by atoms with Gasteiger partial charge in [0, 0.05) is 24.3 Å². The topological polar surface area (TPSA) is 49.6 Å². The van der Waals surface area contributed by atoms with Crippen molar-refractivity contribution in [3.8, 4) is 0 Å². The summed E-state index contributed by atoms with van der Waals surface area (Å²) < 4.78 is 0. The highest BCUT2D eigenvalue weighted by molar-refractivity contribution is 5.96. The minimum absolute atomic E-state index is 0.0791. The van der Waals surface area contributed by atoms with Crippen LogP contribution in [0.15, 0.2) is 12.1 Å². The van der Waals surface area contributed by atoms with Crippen LogP contribution in [0.3, 0.4) is 0 Å². The molecule has 0 radical (unpaired) electrons. The SMILES string of the molecule is CCN(CCCN(C)C)C(=O)c1cc(N)c(C)cc1C. The van der Waals surface area contributed by atoms with Gasteiger partial charge in [-0.2, -0.15) is 0 Å². The zero-order chi connectivity index (χ0) is 15.3. The molecule has 0 spiro atoms. The molecular weight excluding hydrogens is 250 g/mol. The number of aryl methyl sites for hydroxylation is 2. The summed E-state index contributed by atoms with van der Waals surface area (Å²) in [6, 6.07) is 3.79. The van der Waals surface area contributed by atoms with Crippen molar-refractivity contribution in [3.05, 3.63) is 28.8 Å². The van der Waals surface area contributed by atoms with Crippen LogP contribution in [0.5, 0.6) is 0 Å².